The molecular formula is C9H11FS. The van der Waals surface area contributed by atoms with Crippen molar-refractivity contribution in [2.75, 3.05) is 6.26 Å². The summed E-state index contributed by atoms with van der Waals surface area (Å²) in [5, 5.41) is 0. The molecule has 2 heteroatoms. The van der Waals surface area contributed by atoms with Crippen LogP contribution in [-0.2, 0) is 6.67 Å². The summed E-state index contributed by atoms with van der Waals surface area (Å²) in [5.74, 6) is 0. The van der Waals surface area contributed by atoms with E-state index < -0.39 is 0 Å². The van der Waals surface area contributed by atoms with Crippen molar-refractivity contribution >= 4 is 11.8 Å². The molecule has 0 bridgehead atoms. The van der Waals surface area contributed by atoms with E-state index in [4.69, 9.17) is 0 Å². The molecule has 0 atom stereocenters. The summed E-state index contributed by atoms with van der Waals surface area (Å²) in [6.45, 7) is 1.64. The number of halogens is 1. The van der Waals surface area contributed by atoms with Gasteiger partial charge in [-0.1, -0.05) is 12.1 Å². The average molecular weight is 170 g/mol. The summed E-state index contributed by atoms with van der Waals surface area (Å²) < 4.78 is 12.1. The predicted octanol–water partition coefficient (Wildman–Crippen LogP) is 3.19. The smallest absolute Gasteiger partial charge is 0.115 e. The standard InChI is InChI=1S/C9H11FS/c1-7-5-8(6-10)3-4-9(7)11-2/h3-5H,6H2,1-2H3. The van der Waals surface area contributed by atoms with Gasteiger partial charge in [0.15, 0.2) is 0 Å². The molecule has 0 aliphatic heterocycles. The van der Waals surface area contributed by atoms with Crippen LogP contribution < -0.4 is 0 Å². The molecule has 0 saturated heterocycles. The van der Waals surface area contributed by atoms with Gasteiger partial charge in [0.05, 0.1) is 0 Å². The van der Waals surface area contributed by atoms with Gasteiger partial charge in [-0.3, -0.25) is 0 Å². The van der Waals surface area contributed by atoms with E-state index in [9.17, 15) is 4.39 Å². The lowest BCUT2D eigenvalue weighted by molar-refractivity contribution is 0.485. The van der Waals surface area contributed by atoms with E-state index in [0.717, 1.165) is 11.1 Å². The Hall–Kier alpha value is -0.500. The van der Waals surface area contributed by atoms with Gasteiger partial charge in [-0.05, 0) is 30.4 Å². The molecule has 1 aromatic carbocycles. The molecule has 11 heavy (non-hydrogen) atoms. The Labute approximate surface area is 70.8 Å². The fraction of sp³-hybridized carbons (Fsp3) is 0.333. The van der Waals surface area contributed by atoms with Crippen molar-refractivity contribution in [1.82, 2.24) is 0 Å². The molecule has 0 fully saturated rings. The van der Waals surface area contributed by atoms with E-state index in [1.165, 1.54) is 4.90 Å². The van der Waals surface area contributed by atoms with Crippen LogP contribution in [0.3, 0.4) is 0 Å². The van der Waals surface area contributed by atoms with Crippen LogP contribution in [0.2, 0.25) is 0 Å². The van der Waals surface area contributed by atoms with Gasteiger partial charge in [0.25, 0.3) is 0 Å². The molecule has 0 aromatic heterocycles. The molecule has 0 unspecified atom stereocenters. The minimum absolute atomic E-state index is 0.366. The van der Waals surface area contributed by atoms with Gasteiger partial charge in [-0.2, -0.15) is 0 Å². The average Bonchev–Trinajstić information content (AvgIpc) is 2.04. The van der Waals surface area contributed by atoms with Crippen LogP contribution in [0.5, 0.6) is 0 Å². The van der Waals surface area contributed by atoms with E-state index in [2.05, 4.69) is 0 Å². The Morgan fingerprint density at radius 2 is 2.18 bits per heavy atom. The van der Waals surface area contributed by atoms with Crippen molar-refractivity contribution in [2.45, 2.75) is 18.5 Å². The van der Waals surface area contributed by atoms with E-state index in [0.29, 0.717) is 0 Å². The Morgan fingerprint density at radius 1 is 1.45 bits per heavy atom. The molecule has 0 radical (unpaired) electrons. The second kappa shape index (κ2) is 3.77. The molecule has 0 amide bonds. The number of aryl methyl sites for hydroxylation is 1. The van der Waals surface area contributed by atoms with Gasteiger partial charge in [-0.15, -0.1) is 11.8 Å². The second-order valence-corrected chi connectivity index (χ2v) is 3.29. The first-order valence-electron chi connectivity index (χ1n) is 3.47. The molecular weight excluding hydrogens is 159 g/mol. The third-order valence-electron chi connectivity index (χ3n) is 1.61. The number of hydrogen-bond donors (Lipinski definition) is 0. The predicted molar refractivity (Wildman–Crippen MR) is 47.8 cm³/mol. The highest BCUT2D eigenvalue weighted by Gasteiger charge is 1.97. The maximum Gasteiger partial charge on any atom is 0.115 e. The van der Waals surface area contributed by atoms with Crippen LogP contribution in [0.25, 0.3) is 0 Å². The molecule has 1 aromatic rings. The third-order valence-corrected chi connectivity index (χ3v) is 2.51. The topological polar surface area (TPSA) is 0 Å². The second-order valence-electron chi connectivity index (χ2n) is 2.44. The molecule has 0 nitrogen and oxygen atoms in total. The molecule has 0 saturated carbocycles. The zero-order valence-corrected chi connectivity index (χ0v) is 7.54. The summed E-state index contributed by atoms with van der Waals surface area (Å²) in [6, 6.07) is 5.69. The van der Waals surface area contributed by atoms with E-state index in [1.807, 2.05) is 31.4 Å². The lowest BCUT2D eigenvalue weighted by Gasteiger charge is -2.02. The van der Waals surface area contributed by atoms with Crippen molar-refractivity contribution in [3.8, 4) is 0 Å². The first-order chi connectivity index (χ1) is 5.27. The van der Waals surface area contributed by atoms with Gasteiger partial charge < -0.3 is 0 Å². The van der Waals surface area contributed by atoms with E-state index in [1.54, 1.807) is 11.8 Å². The van der Waals surface area contributed by atoms with Crippen molar-refractivity contribution in [3.05, 3.63) is 29.3 Å². The monoisotopic (exact) mass is 170 g/mol. The first kappa shape index (κ1) is 8.60. The highest BCUT2D eigenvalue weighted by atomic mass is 32.2. The van der Waals surface area contributed by atoms with Gasteiger partial charge in [0.1, 0.15) is 6.67 Å². The van der Waals surface area contributed by atoms with E-state index >= 15 is 0 Å². The van der Waals surface area contributed by atoms with E-state index in [-0.39, 0.29) is 6.67 Å². The van der Waals surface area contributed by atoms with Crippen LogP contribution in [0, 0.1) is 6.92 Å². The van der Waals surface area contributed by atoms with Crippen LogP contribution >= 0.6 is 11.8 Å². The normalized spacial score (nSPS) is 10.1. The molecule has 0 heterocycles. The number of benzene rings is 1. The molecule has 0 N–H and O–H groups in total. The van der Waals surface area contributed by atoms with Gasteiger partial charge in [0, 0.05) is 4.90 Å². The number of rotatable bonds is 2. The van der Waals surface area contributed by atoms with Crippen LogP contribution in [0.1, 0.15) is 11.1 Å². The number of hydrogen-bond acceptors (Lipinski definition) is 1. The van der Waals surface area contributed by atoms with Crippen LogP contribution in [-0.4, -0.2) is 6.26 Å². The maximum atomic E-state index is 12.1. The maximum absolute atomic E-state index is 12.1. The molecule has 1 rings (SSSR count). The van der Waals surface area contributed by atoms with Gasteiger partial charge >= 0.3 is 0 Å². The Morgan fingerprint density at radius 3 is 2.64 bits per heavy atom. The molecule has 0 spiro atoms. The van der Waals surface area contributed by atoms with Crippen molar-refractivity contribution < 1.29 is 4.39 Å². The van der Waals surface area contributed by atoms with Gasteiger partial charge in [-0.25, -0.2) is 4.39 Å². The van der Waals surface area contributed by atoms with Crippen molar-refractivity contribution in [1.29, 1.82) is 0 Å². The first-order valence-corrected chi connectivity index (χ1v) is 4.70. The van der Waals surface area contributed by atoms with Crippen molar-refractivity contribution in [2.24, 2.45) is 0 Å². The zero-order valence-electron chi connectivity index (χ0n) is 6.73. The van der Waals surface area contributed by atoms with Crippen molar-refractivity contribution in [3.63, 3.8) is 0 Å². The Balaban J connectivity index is 2.99. The molecule has 60 valence electrons. The fourth-order valence-corrected chi connectivity index (χ4v) is 1.61. The summed E-state index contributed by atoms with van der Waals surface area (Å²) in [7, 11) is 0. The number of alkyl halides is 1. The lowest BCUT2D eigenvalue weighted by atomic mass is 10.1. The summed E-state index contributed by atoms with van der Waals surface area (Å²) in [5.41, 5.74) is 1.92. The third kappa shape index (κ3) is 1.96. The number of thioether (sulfide) groups is 1. The highest BCUT2D eigenvalue weighted by molar-refractivity contribution is 7.98. The minimum atomic E-state index is -0.366. The molecule has 0 aliphatic rings. The Kier molecular flexibility index (Phi) is 2.94. The summed E-state index contributed by atoms with van der Waals surface area (Å²) in [6.07, 6.45) is 2.03. The molecule has 0 aliphatic carbocycles. The summed E-state index contributed by atoms with van der Waals surface area (Å²) >= 11 is 1.69. The van der Waals surface area contributed by atoms with Crippen LogP contribution in [0.4, 0.5) is 4.39 Å². The Bertz CT molecular complexity index is 245. The van der Waals surface area contributed by atoms with Crippen LogP contribution in [0.15, 0.2) is 23.1 Å². The highest BCUT2D eigenvalue weighted by Crippen LogP contribution is 2.20. The minimum Gasteiger partial charge on any atom is -0.246 e. The lowest BCUT2D eigenvalue weighted by Crippen LogP contribution is -1.83. The summed E-state index contributed by atoms with van der Waals surface area (Å²) in [4.78, 5) is 1.22. The fourth-order valence-electron chi connectivity index (χ4n) is 1.02. The van der Waals surface area contributed by atoms with Gasteiger partial charge in [0.2, 0.25) is 0 Å². The SMILES string of the molecule is CSc1ccc(CF)cc1C. The largest absolute Gasteiger partial charge is 0.246 e. The zero-order chi connectivity index (χ0) is 8.27. The quantitative estimate of drug-likeness (QED) is 0.614.